The van der Waals surface area contributed by atoms with Crippen molar-refractivity contribution in [2.24, 2.45) is 0 Å². The topological polar surface area (TPSA) is 58.1 Å². The molecule has 1 saturated heterocycles. The third-order valence-corrected chi connectivity index (χ3v) is 5.30. The molecule has 2 heterocycles. The highest BCUT2D eigenvalue weighted by atomic mass is 19.3. The van der Waals surface area contributed by atoms with Gasteiger partial charge in [0.2, 0.25) is 0 Å². The first-order chi connectivity index (χ1) is 13.8. The van der Waals surface area contributed by atoms with E-state index < -0.39 is 17.6 Å². The molecule has 0 aliphatic carbocycles. The van der Waals surface area contributed by atoms with Crippen LogP contribution in [0.4, 0.5) is 13.2 Å². The van der Waals surface area contributed by atoms with E-state index in [0.29, 0.717) is 17.8 Å². The van der Waals surface area contributed by atoms with Gasteiger partial charge in [0, 0.05) is 56.9 Å². The summed E-state index contributed by atoms with van der Waals surface area (Å²) in [6, 6.07) is 4.08. The van der Waals surface area contributed by atoms with E-state index in [4.69, 9.17) is 0 Å². The van der Waals surface area contributed by atoms with Gasteiger partial charge in [0.15, 0.2) is 0 Å². The van der Waals surface area contributed by atoms with Crippen LogP contribution in [-0.4, -0.2) is 46.3 Å². The first-order valence-electron chi connectivity index (χ1n) is 9.76. The molecule has 29 heavy (non-hydrogen) atoms. The molecule has 1 aromatic carbocycles. The fourth-order valence-electron chi connectivity index (χ4n) is 3.54. The van der Waals surface area contributed by atoms with Gasteiger partial charge < -0.3 is 5.32 Å². The fraction of sp³-hybridized carbons (Fsp3) is 0.476. The minimum Gasteiger partial charge on any atom is -0.350 e. The summed E-state index contributed by atoms with van der Waals surface area (Å²) >= 11 is 0. The lowest BCUT2D eigenvalue weighted by Gasteiger charge is -2.37. The third kappa shape index (κ3) is 5.12. The van der Waals surface area contributed by atoms with E-state index >= 15 is 0 Å². The Labute approximate surface area is 168 Å². The van der Waals surface area contributed by atoms with Gasteiger partial charge >= 0.3 is 0 Å². The molecule has 1 aliphatic heterocycles. The Morgan fingerprint density at radius 2 is 1.90 bits per heavy atom. The number of hydrogen-bond acceptors (Lipinski definition) is 4. The summed E-state index contributed by atoms with van der Waals surface area (Å²) in [6.45, 7) is 4.15. The number of piperidine rings is 1. The lowest BCUT2D eigenvalue weighted by Crippen LogP contribution is -2.45. The van der Waals surface area contributed by atoms with Crippen LogP contribution >= 0.6 is 0 Å². The van der Waals surface area contributed by atoms with Gasteiger partial charge in [0.05, 0.1) is 11.6 Å². The Morgan fingerprint density at radius 1 is 1.24 bits per heavy atom. The molecule has 0 bridgehead atoms. The maximum absolute atomic E-state index is 14.1. The van der Waals surface area contributed by atoms with Gasteiger partial charge in [-0.2, -0.15) is 0 Å². The highest BCUT2D eigenvalue weighted by molar-refractivity contribution is 5.95. The van der Waals surface area contributed by atoms with E-state index in [0.717, 1.165) is 5.56 Å². The van der Waals surface area contributed by atoms with E-state index in [2.05, 4.69) is 15.3 Å². The molecule has 1 fully saturated rings. The monoisotopic (exact) mass is 406 g/mol. The number of alkyl halides is 2. The third-order valence-electron chi connectivity index (χ3n) is 5.30. The molecule has 2 aromatic rings. The van der Waals surface area contributed by atoms with Crippen molar-refractivity contribution < 1.29 is 18.0 Å². The van der Waals surface area contributed by atoms with Crippen LogP contribution in [0.5, 0.6) is 0 Å². The van der Waals surface area contributed by atoms with E-state index in [9.17, 15) is 18.0 Å². The normalized spacial score (nSPS) is 17.7. The maximum atomic E-state index is 14.1. The van der Waals surface area contributed by atoms with E-state index in [1.54, 1.807) is 31.5 Å². The molecule has 0 spiro atoms. The Morgan fingerprint density at radius 3 is 2.48 bits per heavy atom. The van der Waals surface area contributed by atoms with Crippen LogP contribution in [0.3, 0.4) is 0 Å². The molecule has 5 nitrogen and oxygen atoms in total. The highest BCUT2D eigenvalue weighted by Crippen LogP contribution is 2.32. The molecule has 3 rings (SSSR count). The van der Waals surface area contributed by atoms with Crippen molar-refractivity contribution in [2.45, 2.75) is 45.1 Å². The first-order valence-corrected chi connectivity index (χ1v) is 9.76. The molecule has 0 radical (unpaired) electrons. The van der Waals surface area contributed by atoms with E-state index in [-0.39, 0.29) is 44.1 Å². The van der Waals surface area contributed by atoms with Gasteiger partial charge in [0.1, 0.15) is 11.6 Å². The van der Waals surface area contributed by atoms with Crippen LogP contribution in [0.25, 0.3) is 0 Å². The second kappa shape index (κ2) is 8.90. The number of aryl methyl sites for hydroxylation is 2. The van der Waals surface area contributed by atoms with Gasteiger partial charge in [0.25, 0.3) is 11.8 Å². The minimum atomic E-state index is -2.67. The van der Waals surface area contributed by atoms with Gasteiger partial charge in [-0.3, -0.25) is 9.69 Å². The molecular formula is C21H25F3N4O. The Balaban J connectivity index is 1.78. The largest absolute Gasteiger partial charge is 0.350 e. The van der Waals surface area contributed by atoms with Crippen molar-refractivity contribution in [3.8, 4) is 0 Å². The van der Waals surface area contributed by atoms with Gasteiger partial charge in [-0.1, -0.05) is 19.1 Å². The van der Waals surface area contributed by atoms with Crippen molar-refractivity contribution in [1.29, 1.82) is 0 Å². The summed E-state index contributed by atoms with van der Waals surface area (Å²) in [5, 5.41) is 2.76. The number of hydrogen-bond donors (Lipinski definition) is 1. The molecule has 1 aromatic heterocycles. The standard InChI is InChI=1S/C21H25F3N4O/c1-3-18-25-11-15(12-26-18)17(28-9-7-21(23,24)8-10-28)13-27-20(29)19-14(2)5-4-6-16(19)22/h4-6,11-12,17H,3,7-10,13H2,1-2H3,(H,27,29). The molecular weight excluding hydrogens is 381 g/mol. The average Bonchev–Trinajstić information content (AvgIpc) is 2.69. The van der Waals surface area contributed by atoms with Crippen LogP contribution in [0.15, 0.2) is 30.6 Å². The van der Waals surface area contributed by atoms with Crippen LogP contribution < -0.4 is 5.32 Å². The number of nitrogens with zero attached hydrogens (tertiary/aromatic N) is 3. The van der Waals surface area contributed by atoms with Crippen LogP contribution in [0.2, 0.25) is 0 Å². The van der Waals surface area contributed by atoms with Gasteiger partial charge in [-0.15, -0.1) is 0 Å². The van der Waals surface area contributed by atoms with Crippen molar-refractivity contribution in [1.82, 2.24) is 20.2 Å². The molecule has 1 amide bonds. The van der Waals surface area contributed by atoms with Crippen molar-refractivity contribution in [3.63, 3.8) is 0 Å². The van der Waals surface area contributed by atoms with Gasteiger partial charge in [-0.05, 0) is 18.6 Å². The number of aromatic nitrogens is 2. The van der Waals surface area contributed by atoms with Crippen molar-refractivity contribution in [3.05, 3.63) is 58.9 Å². The van der Waals surface area contributed by atoms with Crippen LogP contribution in [0, 0.1) is 12.7 Å². The number of likely N-dealkylation sites (tertiary alicyclic amines) is 1. The predicted molar refractivity (Wildman–Crippen MR) is 103 cm³/mol. The number of nitrogens with one attached hydrogen (secondary N) is 1. The van der Waals surface area contributed by atoms with E-state index in [1.807, 2.05) is 11.8 Å². The molecule has 156 valence electrons. The van der Waals surface area contributed by atoms with E-state index in [1.165, 1.54) is 6.07 Å². The summed E-state index contributed by atoms with van der Waals surface area (Å²) in [4.78, 5) is 23.1. The Kier molecular flexibility index (Phi) is 6.52. The summed E-state index contributed by atoms with van der Waals surface area (Å²) in [7, 11) is 0. The minimum absolute atomic E-state index is 0.00555. The quantitative estimate of drug-likeness (QED) is 0.795. The number of carbonyl (C=O) groups excluding carboxylic acids is 1. The molecule has 8 heteroatoms. The summed E-state index contributed by atoms with van der Waals surface area (Å²) in [5.74, 6) is -3.10. The maximum Gasteiger partial charge on any atom is 0.254 e. The SMILES string of the molecule is CCc1ncc(C(CNC(=O)c2c(C)cccc2F)N2CCC(F)(F)CC2)cn1. The summed E-state index contributed by atoms with van der Waals surface area (Å²) in [5.41, 5.74) is 1.26. The van der Waals surface area contributed by atoms with Crippen molar-refractivity contribution in [2.75, 3.05) is 19.6 Å². The lowest BCUT2D eigenvalue weighted by molar-refractivity contribution is -0.0632. The summed E-state index contributed by atoms with van der Waals surface area (Å²) < 4.78 is 41.3. The lowest BCUT2D eigenvalue weighted by atomic mass is 10.0. The molecule has 1 aliphatic rings. The molecule has 1 atom stereocenters. The number of halogens is 3. The molecule has 1 N–H and O–H groups in total. The Bertz CT molecular complexity index is 827. The zero-order valence-electron chi connectivity index (χ0n) is 16.6. The predicted octanol–water partition coefficient (Wildman–Crippen LogP) is 3.69. The van der Waals surface area contributed by atoms with Crippen molar-refractivity contribution >= 4 is 5.91 Å². The number of amides is 1. The highest BCUT2D eigenvalue weighted by Gasteiger charge is 2.37. The number of benzene rings is 1. The number of carbonyl (C=O) groups is 1. The fourth-order valence-corrected chi connectivity index (χ4v) is 3.54. The smallest absolute Gasteiger partial charge is 0.254 e. The van der Waals surface area contributed by atoms with Crippen LogP contribution in [-0.2, 0) is 6.42 Å². The molecule has 1 unspecified atom stereocenters. The second-order valence-electron chi connectivity index (χ2n) is 7.34. The number of rotatable bonds is 6. The summed E-state index contributed by atoms with van der Waals surface area (Å²) in [6.07, 6.45) is 3.55. The average molecular weight is 406 g/mol. The second-order valence-corrected chi connectivity index (χ2v) is 7.34. The molecule has 0 saturated carbocycles. The Hall–Kier alpha value is -2.48. The zero-order valence-corrected chi connectivity index (χ0v) is 16.6. The first kappa shape index (κ1) is 21.2. The van der Waals surface area contributed by atoms with Gasteiger partial charge in [-0.25, -0.2) is 23.1 Å². The van der Waals surface area contributed by atoms with Crippen LogP contribution in [0.1, 0.15) is 53.1 Å². The zero-order chi connectivity index (χ0) is 21.0.